The lowest BCUT2D eigenvalue weighted by atomic mass is 10.1. The molecular formula is C17H20N2. The monoisotopic (exact) mass is 252 g/mol. The first-order valence-electron chi connectivity index (χ1n) is 7.15. The molecule has 0 aliphatic heterocycles. The zero-order valence-corrected chi connectivity index (χ0v) is 11.2. The van der Waals surface area contributed by atoms with Gasteiger partial charge in [-0.3, -0.25) is 4.98 Å². The van der Waals surface area contributed by atoms with E-state index >= 15 is 0 Å². The zero-order valence-electron chi connectivity index (χ0n) is 11.2. The highest BCUT2D eigenvalue weighted by molar-refractivity contribution is 5.81. The maximum Gasteiger partial charge on any atom is 0.0705 e. The molecule has 0 fully saturated rings. The summed E-state index contributed by atoms with van der Waals surface area (Å²) in [6, 6.07) is 10.5. The normalized spacial score (nSPS) is 14.8. The number of pyridine rings is 1. The lowest BCUT2D eigenvalue weighted by Gasteiger charge is -2.08. The Balaban J connectivity index is 1.59. The highest BCUT2D eigenvalue weighted by atomic mass is 14.8. The lowest BCUT2D eigenvalue weighted by Crippen LogP contribution is -2.15. The summed E-state index contributed by atoms with van der Waals surface area (Å²) in [5.41, 5.74) is 4.05. The third-order valence-corrected chi connectivity index (χ3v) is 3.81. The van der Waals surface area contributed by atoms with E-state index in [2.05, 4.69) is 40.6 Å². The largest absolute Gasteiger partial charge is 0.312 e. The van der Waals surface area contributed by atoms with Crippen molar-refractivity contribution in [1.82, 2.24) is 10.3 Å². The van der Waals surface area contributed by atoms with Gasteiger partial charge < -0.3 is 5.32 Å². The minimum absolute atomic E-state index is 0.927. The van der Waals surface area contributed by atoms with Crippen molar-refractivity contribution < 1.29 is 0 Å². The number of allylic oxidation sites excluding steroid dienone is 1. The van der Waals surface area contributed by atoms with Crippen LogP contribution in [0.4, 0.5) is 0 Å². The van der Waals surface area contributed by atoms with Crippen LogP contribution in [-0.2, 0) is 6.54 Å². The Morgan fingerprint density at radius 3 is 3.00 bits per heavy atom. The van der Waals surface area contributed by atoms with Gasteiger partial charge in [0.2, 0.25) is 0 Å². The summed E-state index contributed by atoms with van der Waals surface area (Å²) in [6.07, 6.45) is 9.44. The first-order chi connectivity index (χ1) is 9.43. The van der Waals surface area contributed by atoms with Gasteiger partial charge in [-0.25, -0.2) is 0 Å². The Bertz CT molecular complexity index is 581. The standard InChI is InChI=1S/C17H20N2/c1-2-6-14(5-1)9-11-18-13-15-10-12-19-17-8-4-3-7-16(15)17/h3-5,7-8,10,12,18H,1-2,6,9,11,13H2. The summed E-state index contributed by atoms with van der Waals surface area (Å²) in [5.74, 6) is 0. The predicted octanol–water partition coefficient (Wildman–Crippen LogP) is 3.82. The number of nitrogens with one attached hydrogen (secondary N) is 1. The predicted molar refractivity (Wildman–Crippen MR) is 80.0 cm³/mol. The average Bonchev–Trinajstić information content (AvgIpc) is 2.97. The Hall–Kier alpha value is -1.67. The van der Waals surface area contributed by atoms with Gasteiger partial charge in [0.1, 0.15) is 0 Å². The summed E-state index contributed by atoms with van der Waals surface area (Å²) in [7, 11) is 0. The Morgan fingerprint density at radius 1 is 1.16 bits per heavy atom. The van der Waals surface area contributed by atoms with Crippen LogP contribution in [0.2, 0.25) is 0 Å². The molecule has 2 aromatic rings. The van der Waals surface area contributed by atoms with Crippen LogP contribution in [0.25, 0.3) is 10.9 Å². The summed E-state index contributed by atoms with van der Waals surface area (Å²) < 4.78 is 0. The first kappa shape index (κ1) is 12.4. The van der Waals surface area contributed by atoms with Crippen LogP contribution in [0.5, 0.6) is 0 Å². The van der Waals surface area contributed by atoms with Crippen LogP contribution in [-0.4, -0.2) is 11.5 Å². The van der Waals surface area contributed by atoms with Crippen LogP contribution in [0.1, 0.15) is 31.2 Å². The first-order valence-corrected chi connectivity index (χ1v) is 7.15. The molecule has 0 spiro atoms. The van der Waals surface area contributed by atoms with Gasteiger partial charge in [0.15, 0.2) is 0 Å². The van der Waals surface area contributed by atoms with Crippen LogP contribution in [0, 0.1) is 0 Å². The summed E-state index contributed by atoms with van der Waals surface area (Å²) in [4.78, 5) is 4.40. The molecule has 1 aromatic carbocycles. The third-order valence-electron chi connectivity index (χ3n) is 3.81. The van der Waals surface area contributed by atoms with Gasteiger partial charge in [-0.2, -0.15) is 0 Å². The van der Waals surface area contributed by atoms with Crippen molar-refractivity contribution in [1.29, 1.82) is 0 Å². The van der Waals surface area contributed by atoms with Crippen molar-refractivity contribution in [3.05, 3.63) is 53.7 Å². The molecule has 0 radical (unpaired) electrons. The zero-order chi connectivity index (χ0) is 12.9. The molecule has 3 rings (SSSR count). The van der Waals surface area contributed by atoms with Crippen molar-refractivity contribution in [3.8, 4) is 0 Å². The van der Waals surface area contributed by atoms with Crippen LogP contribution >= 0.6 is 0 Å². The molecule has 0 saturated heterocycles. The van der Waals surface area contributed by atoms with Gasteiger partial charge in [0, 0.05) is 18.1 Å². The van der Waals surface area contributed by atoms with Crippen molar-refractivity contribution in [2.75, 3.05) is 6.54 Å². The Morgan fingerprint density at radius 2 is 2.11 bits per heavy atom. The molecule has 0 amide bonds. The van der Waals surface area contributed by atoms with Gasteiger partial charge in [-0.15, -0.1) is 0 Å². The molecule has 0 unspecified atom stereocenters. The molecule has 2 nitrogen and oxygen atoms in total. The molecule has 1 aliphatic carbocycles. The number of para-hydroxylation sites is 1. The second-order valence-electron chi connectivity index (χ2n) is 5.17. The Kier molecular flexibility index (Phi) is 3.89. The highest BCUT2D eigenvalue weighted by Crippen LogP contribution is 2.20. The third kappa shape index (κ3) is 3.02. The number of hydrogen-bond acceptors (Lipinski definition) is 2. The van der Waals surface area contributed by atoms with E-state index in [1.165, 1.54) is 36.6 Å². The summed E-state index contributed by atoms with van der Waals surface area (Å²) >= 11 is 0. The van der Waals surface area contributed by atoms with E-state index in [0.717, 1.165) is 18.6 Å². The van der Waals surface area contributed by atoms with Crippen molar-refractivity contribution >= 4 is 10.9 Å². The second-order valence-corrected chi connectivity index (χ2v) is 5.17. The van der Waals surface area contributed by atoms with Crippen LogP contribution in [0.15, 0.2) is 48.2 Å². The molecule has 0 atom stereocenters. The quantitative estimate of drug-likeness (QED) is 0.646. The number of aromatic nitrogens is 1. The Labute approximate surface area is 114 Å². The van der Waals surface area contributed by atoms with E-state index in [1.54, 1.807) is 5.57 Å². The van der Waals surface area contributed by atoms with Crippen molar-refractivity contribution in [3.63, 3.8) is 0 Å². The minimum atomic E-state index is 0.927. The number of fused-ring (bicyclic) bond motifs is 1. The van der Waals surface area contributed by atoms with Gasteiger partial charge in [-0.05, 0) is 49.9 Å². The molecular weight excluding hydrogens is 232 g/mol. The fraction of sp³-hybridized carbons (Fsp3) is 0.353. The van der Waals surface area contributed by atoms with Gasteiger partial charge in [-0.1, -0.05) is 29.8 Å². The number of rotatable bonds is 5. The topological polar surface area (TPSA) is 24.9 Å². The molecule has 98 valence electrons. The van der Waals surface area contributed by atoms with E-state index in [0.29, 0.717) is 0 Å². The van der Waals surface area contributed by atoms with E-state index in [-0.39, 0.29) is 0 Å². The molecule has 1 heterocycles. The second kappa shape index (κ2) is 5.98. The molecule has 19 heavy (non-hydrogen) atoms. The SMILES string of the molecule is C1=C(CCNCc2ccnc3ccccc23)CCC1. The van der Waals surface area contributed by atoms with E-state index < -0.39 is 0 Å². The molecule has 1 aromatic heterocycles. The number of nitrogens with zero attached hydrogens (tertiary/aromatic N) is 1. The minimum Gasteiger partial charge on any atom is -0.312 e. The van der Waals surface area contributed by atoms with E-state index in [4.69, 9.17) is 0 Å². The van der Waals surface area contributed by atoms with Crippen LogP contribution in [0.3, 0.4) is 0 Å². The van der Waals surface area contributed by atoms with Gasteiger partial charge in [0.25, 0.3) is 0 Å². The molecule has 2 heteroatoms. The summed E-state index contributed by atoms with van der Waals surface area (Å²) in [5, 5.41) is 4.81. The maximum absolute atomic E-state index is 4.40. The molecule has 0 bridgehead atoms. The maximum atomic E-state index is 4.40. The van der Waals surface area contributed by atoms with E-state index in [1.807, 2.05) is 12.3 Å². The van der Waals surface area contributed by atoms with Gasteiger partial charge in [0.05, 0.1) is 5.52 Å². The lowest BCUT2D eigenvalue weighted by molar-refractivity contribution is 0.678. The fourth-order valence-corrected chi connectivity index (χ4v) is 2.75. The molecule has 1 N–H and O–H groups in total. The van der Waals surface area contributed by atoms with Crippen molar-refractivity contribution in [2.24, 2.45) is 0 Å². The van der Waals surface area contributed by atoms with E-state index in [9.17, 15) is 0 Å². The van der Waals surface area contributed by atoms with Crippen LogP contribution < -0.4 is 5.32 Å². The molecule has 0 saturated carbocycles. The van der Waals surface area contributed by atoms with Crippen molar-refractivity contribution in [2.45, 2.75) is 32.2 Å². The molecule has 1 aliphatic rings. The number of hydrogen-bond donors (Lipinski definition) is 1. The highest BCUT2D eigenvalue weighted by Gasteiger charge is 2.04. The average molecular weight is 252 g/mol. The van der Waals surface area contributed by atoms with Gasteiger partial charge >= 0.3 is 0 Å². The number of benzene rings is 1. The summed E-state index contributed by atoms with van der Waals surface area (Å²) in [6.45, 7) is 2.00. The fourth-order valence-electron chi connectivity index (χ4n) is 2.75. The smallest absolute Gasteiger partial charge is 0.0705 e.